The average Bonchev–Trinajstić information content (AvgIpc) is 1.95. The Labute approximate surface area is 89.0 Å². The first-order chi connectivity index (χ1) is 5.83. The number of hydrogen-bond donors (Lipinski definition) is 2. The van der Waals surface area contributed by atoms with Gasteiger partial charge in [-0.1, -0.05) is 34.8 Å². The summed E-state index contributed by atoms with van der Waals surface area (Å²) in [6.07, 6.45) is 0.0196. The minimum atomic E-state index is -1.53. The normalized spacial score (nSPS) is 21.3. The molecule has 4 nitrogen and oxygen atoms in total. The highest BCUT2D eigenvalue weighted by atomic mass is 35.5. The summed E-state index contributed by atoms with van der Waals surface area (Å²) in [7, 11) is 0. The van der Waals surface area contributed by atoms with E-state index in [9.17, 15) is 4.79 Å². The van der Waals surface area contributed by atoms with Crippen LogP contribution in [0, 0.1) is 0 Å². The number of carboxylic acid groups (broad SMARTS) is 1. The topological polar surface area (TPSA) is 75.7 Å². The van der Waals surface area contributed by atoms with E-state index in [1.165, 1.54) is 0 Å². The molecule has 0 aromatic rings. The number of halogens is 3. The quantitative estimate of drug-likeness (QED) is 0.541. The first-order valence-corrected chi connectivity index (χ1v) is 4.32. The van der Waals surface area contributed by atoms with Crippen LogP contribution in [-0.4, -0.2) is 21.2 Å². The Morgan fingerprint density at radius 2 is 2.15 bits per heavy atom. The summed E-state index contributed by atoms with van der Waals surface area (Å²) in [6.45, 7) is 0. The van der Waals surface area contributed by atoms with E-state index in [-0.39, 0.29) is 17.2 Å². The zero-order valence-electron chi connectivity index (χ0n) is 6.22. The molecule has 0 radical (unpaired) electrons. The lowest BCUT2D eigenvalue weighted by molar-refractivity contribution is -0.129. The number of carbonyl (C=O) groups is 1. The van der Waals surface area contributed by atoms with Gasteiger partial charge in [-0.05, 0) is 0 Å². The molecule has 0 saturated heterocycles. The zero-order chi connectivity index (χ0) is 10.2. The summed E-state index contributed by atoms with van der Waals surface area (Å²) in [5.41, 5.74) is 5.13. The lowest BCUT2D eigenvalue weighted by Gasteiger charge is -2.21. The number of carboxylic acids is 1. The van der Waals surface area contributed by atoms with E-state index in [1.807, 2.05) is 0 Å². The second kappa shape index (κ2) is 3.36. The Kier molecular flexibility index (Phi) is 2.75. The van der Waals surface area contributed by atoms with Crippen molar-refractivity contribution in [3.8, 4) is 0 Å². The van der Waals surface area contributed by atoms with Crippen molar-refractivity contribution in [2.75, 3.05) is 0 Å². The first-order valence-electron chi connectivity index (χ1n) is 3.19. The minimum Gasteiger partial charge on any atom is -0.476 e. The number of aliphatic imine (C=N–C) groups is 1. The third-order valence-corrected chi connectivity index (χ3v) is 2.23. The molecule has 13 heavy (non-hydrogen) atoms. The summed E-state index contributed by atoms with van der Waals surface area (Å²) in [5.74, 6) is -1.31. The van der Waals surface area contributed by atoms with E-state index in [2.05, 4.69) is 4.99 Å². The van der Waals surface area contributed by atoms with Gasteiger partial charge in [0.1, 0.15) is 0 Å². The molecule has 72 valence electrons. The summed E-state index contributed by atoms with van der Waals surface area (Å²) in [5, 5.41) is 8.53. The van der Waals surface area contributed by atoms with Crippen LogP contribution in [0.1, 0.15) is 6.42 Å². The van der Waals surface area contributed by atoms with Crippen LogP contribution in [0.4, 0.5) is 0 Å². The molecular weight excluding hydrogens is 238 g/mol. The van der Waals surface area contributed by atoms with Gasteiger partial charge in [-0.25, -0.2) is 9.79 Å². The molecule has 0 amide bonds. The van der Waals surface area contributed by atoms with Gasteiger partial charge in [0.2, 0.25) is 4.46 Å². The summed E-state index contributed by atoms with van der Waals surface area (Å²) in [4.78, 5) is 14.1. The molecule has 0 fully saturated rings. The molecule has 7 heteroatoms. The second-order valence-electron chi connectivity index (χ2n) is 2.45. The van der Waals surface area contributed by atoms with Gasteiger partial charge in [-0.3, -0.25) is 0 Å². The van der Waals surface area contributed by atoms with Crippen molar-refractivity contribution in [2.45, 2.75) is 10.9 Å². The Bertz CT molecular complexity index is 322. The highest BCUT2D eigenvalue weighted by Crippen LogP contribution is 2.35. The molecule has 0 bridgehead atoms. The van der Waals surface area contributed by atoms with Crippen molar-refractivity contribution in [1.29, 1.82) is 0 Å². The van der Waals surface area contributed by atoms with Gasteiger partial charge < -0.3 is 10.8 Å². The molecule has 1 aliphatic rings. The minimum absolute atomic E-state index is 0.0196. The van der Waals surface area contributed by atoms with E-state index in [0.717, 1.165) is 0 Å². The molecule has 0 spiro atoms. The lowest BCUT2D eigenvalue weighted by Crippen LogP contribution is -2.28. The standard InChI is InChI=1S/C6H5Cl3N2O2/c7-3-2(10)1-6(8,9)11-4(3)5(12)13/h1,10H2,(H,12,13). The van der Waals surface area contributed by atoms with Gasteiger partial charge in [0.25, 0.3) is 0 Å². The fourth-order valence-electron chi connectivity index (χ4n) is 0.853. The predicted octanol–water partition coefficient (Wildman–Crippen LogP) is 1.46. The number of rotatable bonds is 1. The molecule has 0 saturated carbocycles. The van der Waals surface area contributed by atoms with Crippen LogP contribution < -0.4 is 5.73 Å². The predicted molar refractivity (Wildman–Crippen MR) is 51.2 cm³/mol. The van der Waals surface area contributed by atoms with E-state index >= 15 is 0 Å². The maximum absolute atomic E-state index is 10.6. The maximum atomic E-state index is 10.6. The van der Waals surface area contributed by atoms with Crippen LogP contribution in [0.3, 0.4) is 0 Å². The van der Waals surface area contributed by atoms with E-state index in [4.69, 9.17) is 45.6 Å². The van der Waals surface area contributed by atoms with E-state index in [0.29, 0.717) is 0 Å². The van der Waals surface area contributed by atoms with Crippen molar-refractivity contribution < 1.29 is 9.90 Å². The van der Waals surface area contributed by atoms with E-state index in [1.54, 1.807) is 0 Å². The largest absolute Gasteiger partial charge is 0.476 e. The number of nitrogens with zero attached hydrogens (tertiary/aromatic N) is 1. The van der Waals surface area contributed by atoms with Crippen LogP contribution >= 0.6 is 34.8 Å². The second-order valence-corrected chi connectivity index (χ2v) is 4.27. The summed E-state index contributed by atoms with van der Waals surface area (Å²) < 4.78 is -1.53. The highest BCUT2D eigenvalue weighted by molar-refractivity contribution is 6.60. The third kappa shape index (κ3) is 2.27. The Balaban J connectivity index is 3.16. The van der Waals surface area contributed by atoms with Crippen molar-refractivity contribution in [1.82, 2.24) is 0 Å². The van der Waals surface area contributed by atoms with Crippen molar-refractivity contribution >= 4 is 46.5 Å². The van der Waals surface area contributed by atoms with Crippen LogP contribution in [0.2, 0.25) is 0 Å². The summed E-state index contributed by atoms with van der Waals surface area (Å²) in [6, 6.07) is 0. The number of nitrogens with two attached hydrogens (primary N) is 1. The van der Waals surface area contributed by atoms with E-state index < -0.39 is 16.1 Å². The lowest BCUT2D eigenvalue weighted by atomic mass is 10.2. The Hall–Kier alpha value is -0.450. The first kappa shape index (κ1) is 10.6. The zero-order valence-corrected chi connectivity index (χ0v) is 8.49. The molecular formula is C6H5Cl3N2O2. The molecule has 0 atom stereocenters. The van der Waals surface area contributed by atoms with Crippen molar-refractivity contribution in [3.05, 3.63) is 10.7 Å². The van der Waals surface area contributed by atoms with Gasteiger partial charge in [0.15, 0.2) is 5.71 Å². The molecule has 0 aliphatic carbocycles. The van der Waals surface area contributed by atoms with Gasteiger partial charge in [0, 0.05) is 12.1 Å². The number of dihydropyridines is 1. The fourth-order valence-corrected chi connectivity index (χ4v) is 1.50. The maximum Gasteiger partial charge on any atom is 0.355 e. The molecule has 0 unspecified atom stereocenters. The van der Waals surface area contributed by atoms with Gasteiger partial charge in [-0.15, -0.1) is 0 Å². The fraction of sp³-hybridized carbons (Fsp3) is 0.333. The van der Waals surface area contributed by atoms with Crippen LogP contribution in [0.5, 0.6) is 0 Å². The van der Waals surface area contributed by atoms with Crippen LogP contribution in [0.15, 0.2) is 15.7 Å². The molecule has 1 aliphatic heterocycles. The van der Waals surface area contributed by atoms with Crippen LogP contribution in [-0.2, 0) is 4.79 Å². The molecule has 3 N–H and O–H groups in total. The van der Waals surface area contributed by atoms with Gasteiger partial charge in [0.05, 0.1) is 5.03 Å². The van der Waals surface area contributed by atoms with Gasteiger partial charge >= 0.3 is 5.97 Å². The molecule has 1 rings (SSSR count). The number of hydrogen-bond acceptors (Lipinski definition) is 3. The Morgan fingerprint density at radius 3 is 2.62 bits per heavy atom. The monoisotopic (exact) mass is 242 g/mol. The van der Waals surface area contributed by atoms with Crippen molar-refractivity contribution in [3.63, 3.8) is 0 Å². The number of aliphatic carboxylic acids is 1. The molecule has 0 aromatic heterocycles. The SMILES string of the molecule is NC1=C(Cl)C(C(=O)O)=NC(Cl)(Cl)C1. The average molecular weight is 243 g/mol. The van der Waals surface area contributed by atoms with Crippen LogP contribution in [0.25, 0.3) is 0 Å². The highest BCUT2D eigenvalue weighted by Gasteiger charge is 2.33. The summed E-state index contributed by atoms with van der Waals surface area (Å²) >= 11 is 16.8. The molecule has 0 aromatic carbocycles. The van der Waals surface area contributed by atoms with Gasteiger partial charge in [-0.2, -0.15) is 0 Å². The number of alkyl halides is 2. The third-order valence-electron chi connectivity index (χ3n) is 1.37. The molecule has 1 heterocycles. The smallest absolute Gasteiger partial charge is 0.355 e. The Morgan fingerprint density at radius 1 is 1.62 bits per heavy atom. The van der Waals surface area contributed by atoms with Crippen molar-refractivity contribution in [2.24, 2.45) is 10.7 Å².